The van der Waals surface area contributed by atoms with Crippen LogP contribution in [-0.2, 0) is 6.54 Å². The second-order valence-corrected chi connectivity index (χ2v) is 8.51. The van der Waals surface area contributed by atoms with Crippen LogP contribution in [0.2, 0.25) is 0 Å². The molecule has 0 amide bonds. The van der Waals surface area contributed by atoms with Gasteiger partial charge in [0.1, 0.15) is 5.75 Å². The normalized spacial score (nSPS) is 31.0. The van der Waals surface area contributed by atoms with Crippen molar-refractivity contribution < 1.29 is 9.26 Å². The molecule has 4 rings (SSSR count). The van der Waals surface area contributed by atoms with Crippen LogP contribution in [0.25, 0.3) is 11.4 Å². The zero-order valence-corrected chi connectivity index (χ0v) is 16.0. The number of ether oxygens (including phenoxy) is 1. The Morgan fingerprint density at radius 3 is 2.62 bits per heavy atom. The molecular weight excluding hydrogens is 326 g/mol. The third-order valence-corrected chi connectivity index (χ3v) is 6.06. The maximum atomic E-state index is 5.52. The minimum absolute atomic E-state index is 0.235. The van der Waals surface area contributed by atoms with E-state index in [2.05, 4.69) is 29.3 Å². The van der Waals surface area contributed by atoms with Crippen molar-refractivity contribution in [3.8, 4) is 17.1 Å². The third-order valence-electron chi connectivity index (χ3n) is 6.06. The van der Waals surface area contributed by atoms with E-state index in [1.54, 1.807) is 7.11 Å². The number of methoxy groups -OCH3 is 1. The highest BCUT2D eigenvalue weighted by molar-refractivity contribution is 5.63. The van der Waals surface area contributed by atoms with Crippen molar-refractivity contribution in [2.24, 2.45) is 17.8 Å². The Morgan fingerprint density at radius 1 is 1.15 bits per heavy atom. The molecule has 5 heteroatoms. The van der Waals surface area contributed by atoms with Crippen LogP contribution in [0.3, 0.4) is 0 Å². The fraction of sp³-hybridized carbons (Fsp3) is 0.619. The molecular formula is C21H29N3O2. The third kappa shape index (κ3) is 3.50. The zero-order valence-electron chi connectivity index (χ0n) is 16.0. The number of fused-ring (bicyclic) bond motifs is 2. The van der Waals surface area contributed by atoms with Gasteiger partial charge in [0.05, 0.1) is 19.2 Å². The molecule has 140 valence electrons. The lowest BCUT2D eigenvalue weighted by Crippen LogP contribution is -2.54. The van der Waals surface area contributed by atoms with Gasteiger partial charge in [-0.25, -0.2) is 0 Å². The van der Waals surface area contributed by atoms with Crippen LogP contribution in [0.5, 0.6) is 5.75 Å². The minimum atomic E-state index is 0.235. The highest BCUT2D eigenvalue weighted by Gasteiger charge is 2.43. The summed E-state index contributed by atoms with van der Waals surface area (Å²) in [6.45, 7) is 5.42. The molecule has 0 radical (unpaired) electrons. The molecule has 2 fully saturated rings. The van der Waals surface area contributed by atoms with Crippen molar-refractivity contribution in [3.05, 3.63) is 30.2 Å². The molecule has 26 heavy (non-hydrogen) atoms. The lowest BCUT2D eigenvalue weighted by atomic mass is 9.61. The summed E-state index contributed by atoms with van der Waals surface area (Å²) >= 11 is 0. The van der Waals surface area contributed by atoms with E-state index >= 15 is 0 Å². The average molecular weight is 355 g/mol. The maximum absolute atomic E-state index is 5.52. The van der Waals surface area contributed by atoms with Gasteiger partial charge in [0.2, 0.25) is 11.7 Å². The number of aromatic nitrogens is 2. The number of nitrogens with zero attached hydrogens (tertiary/aromatic N) is 2. The number of hydrogen-bond donors (Lipinski definition) is 1. The number of hydrogen-bond acceptors (Lipinski definition) is 5. The second kappa shape index (κ2) is 7.03. The molecule has 0 spiro atoms. The Hall–Kier alpha value is -1.88. The van der Waals surface area contributed by atoms with Gasteiger partial charge in [-0.2, -0.15) is 4.98 Å². The summed E-state index contributed by atoms with van der Waals surface area (Å²) in [5, 5.41) is 7.97. The Kier molecular flexibility index (Phi) is 4.74. The van der Waals surface area contributed by atoms with E-state index in [0.717, 1.165) is 29.1 Å². The molecule has 0 saturated heterocycles. The van der Waals surface area contributed by atoms with E-state index in [0.29, 0.717) is 18.3 Å². The van der Waals surface area contributed by atoms with E-state index < -0.39 is 0 Å². The Morgan fingerprint density at radius 2 is 1.88 bits per heavy atom. The molecule has 2 aromatic rings. The van der Waals surface area contributed by atoms with E-state index in [4.69, 9.17) is 9.26 Å². The molecule has 1 aromatic heterocycles. The maximum Gasteiger partial charge on any atom is 0.240 e. The SMILES string of the molecule is COc1ccccc1-c1noc(CNC23CC(C)CC(CC(C)C2)C3)n1. The predicted octanol–water partition coefficient (Wildman–Crippen LogP) is 4.44. The van der Waals surface area contributed by atoms with Gasteiger partial charge in [-0.3, -0.25) is 0 Å². The first kappa shape index (κ1) is 17.5. The lowest BCUT2D eigenvalue weighted by Gasteiger charge is -2.50. The molecule has 2 atom stereocenters. The van der Waals surface area contributed by atoms with Crippen LogP contribution in [0.15, 0.2) is 28.8 Å². The van der Waals surface area contributed by atoms with E-state index in [1.165, 1.54) is 32.1 Å². The summed E-state index contributed by atoms with van der Waals surface area (Å²) < 4.78 is 10.9. The summed E-state index contributed by atoms with van der Waals surface area (Å²) in [4.78, 5) is 4.59. The fourth-order valence-electron chi connectivity index (χ4n) is 5.45. The van der Waals surface area contributed by atoms with Crippen molar-refractivity contribution in [3.63, 3.8) is 0 Å². The van der Waals surface area contributed by atoms with Crippen molar-refractivity contribution in [1.29, 1.82) is 0 Å². The van der Waals surface area contributed by atoms with Gasteiger partial charge in [0.15, 0.2) is 0 Å². The molecule has 5 nitrogen and oxygen atoms in total. The summed E-state index contributed by atoms with van der Waals surface area (Å²) in [6, 6.07) is 7.76. The van der Waals surface area contributed by atoms with Crippen molar-refractivity contribution in [2.45, 2.75) is 58.0 Å². The molecule has 2 aliphatic carbocycles. The average Bonchev–Trinajstić information content (AvgIpc) is 3.07. The second-order valence-electron chi connectivity index (χ2n) is 8.51. The largest absolute Gasteiger partial charge is 0.496 e. The van der Waals surface area contributed by atoms with Gasteiger partial charge in [-0.15, -0.1) is 0 Å². The van der Waals surface area contributed by atoms with Crippen LogP contribution < -0.4 is 10.1 Å². The fourth-order valence-corrected chi connectivity index (χ4v) is 5.45. The van der Waals surface area contributed by atoms with E-state index in [-0.39, 0.29) is 5.54 Å². The Labute approximate surface area is 155 Å². The van der Waals surface area contributed by atoms with E-state index in [1.807, 2.05) is 24.3 Å². The molecule has 1 N–H and O–H groups in total. The monoisotopic (exact) mass is 355 g/mol. The highest BCUT2D eigenvalue weighted by atomic mass is 16.5. The molecule has 1 aromatic carbocycles. The Balaban J connectivity index is 1.48. The number of para-hydroxylation sites is 1. The molecule has 2 aliphatic rings. The first-order chi connectivity index (χ1) is 12.6. The minimum Gasteiger partial charge on any atom is -0.496 e. The summed E-state index contributed by atoms with van der Waals surface area (Å²) in [7, 11) is 1.66. The van der Waals surface area contributed by atoms with Gasteiger partial charge < -0.3 is 14.6 Å². The molecule has 2 bridgehead atoms. The van der Waals surface area contributed by atoms with E-state index in [9.17, 15) is 0 Å². The highest BCUT2D eigenvalue weighted by Crippen LogP contribution is 2.47. The first-order valence-electron chi connectivity index (χ1n) is 9.78. The first-order valence-corrected chi connectivity index (χ1v) is 9.78. The van der Waals surface area contributed by atoms with Crippen LogP contribution >= 0.6 is 0 Å². The smallest absolute Gasteiger partial charge is 0.240 e. The molecule has 2 unspecified atom stereocenters. The van der Waals surface area contributed by atoms with Gasteiger partial charge in [-0.05, 0) is 62.0 Å². The van der Waals surface area contributed by atoms with Crippen molar-refractivity contribution in [1.82, 2.24) is 15.5 Å². The number of nitrogens with one attached hydrogen (secondary N) is 1. The Bertz CT molecular complexity index is 738. The van der Waals surface area contributed by atoms with Gasteiger partial charge in [0, 0.05) is 5.54 Å². The van der Waals surface area contributed by atoms with Crippen LogP contribution in [-0.4, -0.2) is 22.8 Å². The summed E-state index contributed by atoms with van der Waals surface area (Å²) in [5.41, 5.74) is 1.10. The number of rotatable bonds is 5. The van der Waals surface area contributed by atoms with Crippen molar-refractivity contribution >= 4 is 0 Å². The quantitative estimate of drug-likeness (QED) is 0.859. The van der Waals surface area contributed by atoms with Gasteiger partial charge in [0.25, 0.3) is 0 Å². The summed E-state index contributed by atoms with van der Waals surface area (Å²) in [5.74, 6) is 4.44. The molecule has 1 heterocycles. The zero-order chi connectivity index (χ0) is 18.1. The van der Waals surface area contributed by atoms with Crippen LogP contribution in [0.1, 0.15) is 51.8 Å². The lowest BCUT2D eigenvalue weighted by molar-refractivity contribution is 0.0521. The van der Waals surface area contributed by atoms with Crippen molar-refractivity contribution in [2.75, 3.05) is 7.11 Å². The molecule has 2 saturated carbocycles. The van der Waals surface area contributed by atoms with Gasteiger partial charge >= 0.3 is 0 Å². The predicted molar refractivity (Wildman–Crippen MR) is 101 cm³/mol. The van der Waals surface area contributed by atoms with Crippen LogP contribution in [0, 0.1) is 17.8 Å². The standard InChI is InChI=1S/C21H29N3O2/c1-14-8-16-9-15(2)11-21(10-14,12-16)22-13-19-23-20(24-26-19)17-6-4-5-7-18(17)25-3/h4-7,14-16,22H,8-13H2,1-3H3. The number of benzene rings is 1. The topological polar surface area (TPSA) is 60.2 Å². The summed E-state index contributed by atoms with van der Waals surface area (Å²) in [6.07, 6.45) is 6.55. The molecule has 0 aliphatic heterocycles. The van der Waals surface area contributed by atoms with Crippen LogP contribution in [0.4, 0.5) is 0 Å². The van der Waals surface area contributed by atoms with Gasteiger partial charge in [-0.1, -0.05) is 31.1 Å².